The van der Waals surface area contributed by atoms with Crippen LogP contribution in [0.25, 0.3) is 0 Å². The van der Waals surface area contributed by atoms with Crippen molar-refractivity contribution in [2.45, 2.75) is 38.6 Å². The van der Waals surface area contributed by atoms with Crippen LogP contribution < -0.4 is 5.32 Å². The maximum atomic E-state index is 13.0. The van der Waals surface area contributed by atoms with Crippen LogP contribution in [0.4, 0.5) is 4.39 Å². The lowest BCUT2D eigenvalue weighted by Crippen LogP contribution is -2.39. The number of likely N-dealkylation sites (N-methyl/N-ethyl adjacent to an activating group) is 1. The molecule has 1 unspecified atom stereocenters. The molecule has 0 radical (unpaired) electrons. The monoisotopic (exact) mass is 292 g/mol. The quantitative estimate of drug-likeness (QED) is 0.898. The Morgan fingerprint density at radius 2 is 1.95 bits per heavy atom. The van der Waals surface area contributed by atoms with Crippen molar-refractivity contribution >= 4 is 11.3 Å². The summed E-state index contributed by atoms with van der Waals surface area (Å²) in [6.45, 7) is 6.43. The Balaban J connectivity index is 2.25. The fraction of sp³-hybridized carbons (Fsp3) is 0.438. The molecule has 20 heavy (non-hydrogen) atoms. The van der Waals surface area contributed by atoms with Gasteiger partial charge in [-0.2, -0.15) is 0 Å². The van der Waals surface area contributed by atoms with Crippen molar-refractivity contribution in [2.75, 3.05) is 7.05 Å². The fourth-order valence-corrected chi connectivity index (χ4v) is 3.24. The number of thiazole rings is 1. The number of nitrogens with one attached hydrogen (secondary N) is 1. The Labute approximate surface area is 124 Å². The Kier molecular flexibility index (Phi) is 4.55. The van der Waals surface area contributed by atoms with Crippen molar-refractivity contribution in [3.8, 4) is 0 Å². The van der Waals surface area contributed by atoms with Crippen molar-refractivity contribution in [3.63, 3.8) is 0 Å². The highest BCUT2D eigenvalue weighted by molar-refractivity contribution is 7.09. The van der Waals surface area contributed by atoms with Crippen LogP contribution in [-0.4, -0.2) is 12.0 Å². The Hall–Kier alpha value is -1.26. The highest BCUT2D eigenvalue weighted by Gasteiger charge is 2.28. The molecule has 4 heteroatoms. The molecule has 0 aliphatic heterocycles. The number of rotatable bonds is 5. The highest BCUT2D eigenvalue weighted by atomic mass is 32.1. The Morgan fingerprint density at radius 1 is 1.30 bits per heavy atom. The van der Waals surface area contributed by atoms with Gasteiger partial charge < -0.3 is 5.32 Å². The first-order valence-electron chi connectivity index (χ1n) is 6.84. The highest BCUT2D eigenvalue weighted by Crippen LogP contribution is 2.30. The zero-order chi connectivity index (χ0) is 14.8. The normalized spacial score (nSPS) is 14.5. The maximum absolute atomic E-state index is 13.0. The summed E-state index contributed by atoms with van der Waals surface area (Å²) in [5, 5.41) is 6.57. The van der Waals surface area contributed by atoms with Gasteiger partial charge >= 0.3 is 0 Å². The summed E-state index contributed by atoms with van der Waals surface area (Å²) in [6.07, 6.45) is 0.787. The van der Waals surface area contributed by atoms with Crippen molar-refractivity contribution in [2.24, 2.45) is 0 Å². The van der Waals surface area contributed by atoms with Gasteiger partial charge in [-0.15, -0.1) is 11.3 Å². The van der Waals surface area contributed by atoms with E-state index in [9.17, 15) is 4.39 Å². The molecule has 0 aliphatic carbocycles. The third-order valence-corrected chi connectivity index (χ3v) is 4.73. The number of halogens is 1. The third-order valence-electron chi connectivity index (χ3n) is 3.61. The van der Waals surface area contributed by atoms with Crippen LogP contribution >= 0.6 is 11.3 Å². The predicted molar refractivity (Wildman–Crippen MR) is 82.7 cm³/mol. The molecule has 1 atom stereocenters. The third kappa shape index (κ3) is 3.25. The molecule has 0 bridgehead atoms. The van der Waals surface area contributed by atoms with E-state index in [2.05, 4.69) is 31.5 Å². The minimum absolute atomic E-state index is 0.198. The van der Waals surface area contributed by atoms with Crippen LogP contribution in [0.5, 0.6) is 0 Å². The zero-order valence-electron chi connectivity index (χ0n) is 12.4. The van der Waals surface area contributed by atoms with E-state index in [4.69, 9.17) is 4.98 Å². The van der Waals surface area contributed by atoms with Crippen molar-refractivity contribution in [3.05, 3.63) is 51.7 Å². The molecule has 1 aromatic carbocycles. The summed E-state index contributed by atoms with van der Waals surface area (Å²) >= 11 is 1.68. The molecule has 1 N–H and O–H groups in total. The van der Waals surface area contributed by atoms with E-state index in [1.165, 1.54) is 12.1 Å². The topological polar surface area (TPSA) is 24.9 Å². The van der Waals surface area contributed by atoms with E-state index in [0.717, 1.165) is 22.7 Å². The SMILES string of the molecule is CNC(C)(Cc1ccc(F)cc1)c1nc(C(C)C)cs1. The number of hydrogen-bond donors (Lipinski definition) is 1. The second-order valence-corrected chi connectivity index (χ2v) is 6.48. The molecule has 0 saturated carbocycles. The van der Waals surface area contributed by atoms with Crippen LogP contribution in [-0.2, 0) is 12.0 Å². The van der Waals surface area contributed by atoms with Crippen LogP contribution in [0.3, 0.4) is 0 Å². The molecule has 2 nitrogen and oxygen atoms in total. The first-order chi connectivity index (χ1) is 9.44. The molecular formula is C16H21FN2S. The average molecular weight is 292 g/mol. The molecule has 0 saturated heterocycles. The van der Waals surface area contributed by atoms with Gasteiger partial charge in [-0.3, -0.25) is 0 Å². The van der Waals surface area contributed by atoms with Gasteiger partial charge in [-0.05, 0) is 44.0 Å². The van der Waals surface area contributed by atoms with Gasteiger partial charge in [0, 0.05) is 5.38 Å². The Bertz CT molecular complexity index is 562. The first kappa shape index (κ1) is 15.1. The molecule has 2 rings (SSSR count). The van der Waals surface area contributed by atoms with Gasteiger partial charge in [0.25, 0.3) is 0 Å². The van der Waals surface area contributed by atoms with Gasteiger partial charge in [0.1, 0.15) is 10.8 Å². The lowest BCUT2D eigenvalue weighted by atomic mass is 9.93. The number of benzene rings is 1. The summed E-state index contributed by atoms with van der Waals surface area (Å²) in [4.78, 5) is 4.75. The smallest absolute Gasteiger partial charge is 0.123 e. The lowest BCUT2D eigenvalue weighted by Gasteiger charge is -2.27. The van der Waals surface area contributed by atoms with Crippen LogP contribution in [0, 0.1) is 5.82 Å². The van der Waals surface area contributed by atoms with E-state index in [1.54, 1.807) is 11.3 Å². The summed E-state index contributed by atoms with van der Waals surface area (Å²) in [7, 11) is 1.94. The zero-order valence-corrected chi connectivity index (χ0v) is 13.2. The second-order valence-electron chi connectivity index (χ2n) is 5.62. The van der Waals surface area contributed by atoms with E-state index in [-0.39, 0.29) is 11.4 Å². The van der Waals surface area contributed by atoms with E-state index in [1.807, 2.05) is 19.2 Å². The second kappa shape index (κ2) is 6.02. The Morgan fingerprint density at radius 3 is 2.45 bits per heavy atom. The van der Waals surface area contributed by atoms with Gasteiger partial charge in [0.05, 0.1) is 11.2 Å². The van der Waals surface area contributed by atoms with Crippen LogP contribution in [0.1, 0.15) is 43.0 Å². The van der Waals surface area contributed by atoms with Crippen LogP contribution in [0.15, 0.2) is 29.6 Å². The van der Waals surface area contributed by atoms with Crippen molar-refractivity contribution < 1.29 is 4.39 Å². The fourth-order valence-electron chi connectivity index (χ4n) is 2.09. The molecule has 108 valence electrons. The van der Waals surface area contributed by atoms with Gasteiger partial charge in [0.2, 0.25) is 0 Å². The minimum atomic E-state index is -0.227. The molecule has 2 aromatic rings. The number of nitrogens with zero attached hydrogens (tertiary/aromatic N) is 1. The van der Waals surface area contributed by atoms with Crippen molar-refractivity contribution in [1.82, 2.24) is 10.3 Å². The van der Waals surface area contributed by atoms with E-state index in [0.29, 0.717) is 5.92 Å². The van der Waals surface area contributed by atoms with Gasteiger partial charge in [-0.1, -0.05) is 26.0 Å². The summed E-state index contributed by atoms with van der Waals surface area (Å²) in [5.41, 5.74) is 2.01. The molecular weight excluding hydrogens is 271 g/mol. The summed E-state index contributed by atoms with van der Waals surface area (Å²) < 4.78 is 13.0. The van der Waals surface area contributed by atoms with Crippen molar-refractivity contribution in [1.29, 1.82) is 0 Å². The minimum Gasteiger partial charge on any atom is -0.308 e. The summed E-state index contributed by atoms with van der Waals surface area (Å²) in [5.74, 6) is 0.239. The van der Waals surface area contributed by atoms with E-state index < -0.39 is 0 Å². The van der Waals surface area contributed by atoms with Gasteiger partial charge in [0.15, 0.2) is 0 Å². The molecule has 0 amide bonds. The largest absolute Gasteiger partial charge is 0.308 e. The average Bonchev–Trinajstić information content (AvgIpc) is 2.92. The standard InChI is InChI=1S/C16H21FN2S/c1-11(2)14-10-20-15(19-14)16(3,18-4)9-12-5-7-13(17)8-6-12/h5-8,10-11,18H,9H2,1-4H3. The number of aromatic nitrogens is 1. The molecule has 0 aliphatic rings. The van der Waals surface area contributed by atoms with E-state index >= 15 is 0 Å². The summed E-state index contributed by atoms with van der Waals surface area (Å²) in [6, 6.07) is 6.68. The van der Waals surface area contributed by atoms with Crippen LogP contribution in [0.2, 0.25) is 0 Å². The molecule has 1 aromatic heterocycles. The molecule has 1 heterocycles. The molecule has 0 spiro atoms. The predicted octanol–water partition coefficient (Wildman–Crippen LogP) is 4.08. The van der Waals surface area contributed by atoms with Gasteiger partial charge in [-0.25, -0.2) is 9.37 Å². The lowest BCUT2D eigenvalue weighted by molar-refractivity contribution is 0.394. The maximum Gasteiger partial charge on any atom is 0.123 e. The molecule has 0 fully saturated rings. The first-order valence-corrected chi connectivity index (χ1v) is 7.72. The number of hydrogen-bond acceptors (Lipinski definition) is 3.